The number of allylic oxidation sites excluding steroid dienone is 2. The summed E-state index contributed by atoms with van der Waals surface area (Å²) in [6, 6.07) is 6.62. The zero-order chi connectivity index (χ0) is 16.8. The number of rotatable bonds is 5. The molecule has 1 aromatic rings. The standard InChI is InChI=1S/C20H29N3O/c1-22(16-18-9-4-5-12-21-18)19-10-6-13-23(14-11-19)20(24)15-17-7-2-3-8-17/h2,4-5,7,9,12,17,19H,3,6,8,10-11,13-16H2,1H3. The Labute approximate surface area is 145 Å². The molecule has 130 valence electrons. The van der Waals surface area contributed by atoms with Crippen molar-refractivity contribution in [2.45, 2.75) is 51.1 Å². The average molecular weight is 327 g/mol. The van der Waals surface area contributed by atoms with Crippen LogP contribution in [-0.2, 0) is 11.3 Å². The Morgan fingerprint density at radius 3 is 2.96 bits per heavy atom. The Balaban J connectivity index is 1.49. The molecule has 1 saturated heterocycles. The van der Waals surface area contributed by atoms with Crippen molar-refractivity contribution in [3.8, 4) is 0 Å². The van der Waals surface area contributed by atoms with Crippen LogP contribution in [0.4, 0.5) is 0 Å². The van der Waals surface area contributed by atoms with Gasteiger partial charge < -0.3 is 4.90 Å². The van der Waals surface area contributed by atoms with Crippen LogP contribution < -0.4 is 0 Å². The topological polar surface area (TPSA) is 36.4 Å². The van der Waals surface area contributed by atoms with E-state index in [1.54, 1.807) is 0 Å². The summed E-state index contributed by atoms with van der Waals surface area (Å²) in [5, 5.41) is 0. The van der Waals surface area contributed by atoms with Crippen molar-refractivity contribution < 1.29 is 4.79 Å². The van der Waals surface area contributed by atoms with Gasteiger partial charge in [0.1, 0.15) is 0 Å². The van der Waals surface area contributed by atoms with Gasteiger partial charge in [-0.1, -0.05) is 18.2 Å². The molecule has 2 aliphatic rings. The summed E-state index contributed by atoms with van der Waals surface area (Å²) in [7, 11) is 2.18. The van der Waals surface area contributed by atoms with Crippen LogP contribution >= 0.6 is 0 Å². The van der Waals surface area contributed by atoms with E-state index in [1.165, 1.54) is 0 Å². The van der Waals surface area contributed by atoms with Crippen molar-refractivity contribution in [2.24, 2.45) is 5.92 Å². The number of hydrogen-bond acceptors (Lipinski definition) is 3. The van der Waals surface area contributed by atoms with Crippen LogP contribution in [0, 0.1) is 5.92 Å². The third kappa shape index (κ3) is 4.67. The summed E-state index contributed by atoms with van der Waals surface area (Å²) in [6.07, 6.45) is 12.6. The van der Waals surface area contributed by atoms with Crippen LogP contribution in [0.2, 0.25) is 0 Å². The summed E-state index contributed by atoms with van der Waals surface area (Å²) in [4.78, 5) is 21.5. The number of likely N-dealkylation sites (tertiary alicyclic amines) is 1. The Morgan fingerprint density at radius 1 is 1.29 bits per heavy atom. The minimum Gasteiger partial charge on any atom is -0.343 e. The molecule has 1 aliphatic carbocycles. The van der Waals surface area contributed by atoms with Gasteiger partial charge in [-0.25, -0.2) is 0 Å². The SMILES string of the molecule is CN(Cc1ccccn1)C1CCCN(C(=O)CC2C=CCC2)CC1. The highest BCUT2D eigenvalue weighted by atomic mass is 16.2. The fourth-order valence-corrected chi connectivity index (χ4v) is 3.86. The number of amides is 1. The van der Waals surface area contributed by atoms with Gasteiger partial charge in [0.2, 0.25) is 5.91 Å². The molecular formula is C20H29N3O. The van der Waals surface area contributed by atoms with Crippen LogP contribution in [0.1, 0.15) is 44.2 Å². The van der Waals surface area contributed by atoms with Gasteiger partial charge >= 0.3 is 0 Å². The quantitative estimate of drug-likeness (QED) is 0.779. The van der Waals surface area contributed by atoms with Crippen molar-refractivity contribution in [3.63, 3.8) is 0 Å². The summed E-state index contributed by atoms with van der Waals surface area (Å²) in [5.74, 6) is 0.822. The normalized spacial score (nSPS) is 24.3. The van der Waals surface area contributed by atoms with Crippen LogP contribution in [0.3, 0.4) is 0 Å². The van der Waals surface area contributed by atoms with Crippen LogP contribution in [0.15, 0.2) is 36.5 Å². The molecule has 2 atom stereocenters. The predicted molar refractivity (Wildman–Crippen MR) is 96.4 cm³/mol. The molecule has 0 N–H and O–H groups in total. The van der Waals surface area contributed by atoms with E-state index in [1.807, 2.05) is 18.3 Å². The van der Waals surface area contributed by atoms with E-state index < -0.39 is 0 Å². The molecule has 1 amide bonds. The molecule has 2 heterocycles. The van der Waals surface area contributed by atoms with Crippen molar-refractivity contribution in [2.75, 3.05) is 20.1 Å². The largest absolute Gasteiger partial charge is 0.343 e. The maximum absolute atomic E-state index is 12.5. The van der Waals surface area contributed by atoms with Gasteiger partial charge in [-0.2, -0.15) is 0 Å². The highest BCUT2D eigenvalue weighted by molar-refractivity contribution is 5.76. The molecule has 0 aromatic carbocycles. The lowest BCUT2D eigenvalue weighted by Crippen LogP contribution is -2.35. The molecule has 0 saturated carbocycles. The van der Waals surface area contributed by atoms with Crippen molar-refractivity contribution in [3.05, 3.63) is 42.2 Å². The zero-order valence-corrected chi connectivity index (χ0v) is 14.7. The number of carbonyl (C=O) groups is 1. The third-order valence-electron chi connectivity index (χ3n) is 5.36. The van der Waals surface area contributed by atoms with Crippen molar-refractivity contribution in [1.82, 2.24) is 14.8 Å². The zero-order valence-electron chi connectivity index (χ0n) is 14.7. The average Bonchev–Trinajstić information content (AvgIpc) is 2.96. The lowest BCUT2D eigenvalue weighted by atomic mass is 10.0. The maximum atomic E-state index is 12.5. The minimum absolute atomic E-state index is 0.347. The van der Waals surface area contributed by atoms with Crippen molar-refractivity contribution >= 4 is 5.91 Å². The van der Waals surface area contributed by atoms with Crippen LogP contribution in [0.25, 0.3) is 0 Å². The van der Waals surface area contributed by atoms with Gasteiger partial charge in [-0.15, -0.1) is 0 Å². The van der Waals surface area contributed by atoms with E-state index in [0.29, 0.717) is 24.3 Å². The number of nitrogens with zero attached hydrogens (tertiary/aromatic N) is 3. The molecule has 0 bridgehead atoms. The van der Waals surface area contributed by atoms with Gasteiger partial charge in [0.05, 0.1) is 5.69 Å². The van der Waals surface area contributed by atoms with E-state index in [2.05, 4.69) is 40.0 Å². The first-order chi connectivity index (χ1) is 11.7. The fraction of sp³-hybridized carbons (Fsp3) is 0.600. The second kappa shape index (κ2) is 8.43. The Kier molecular flexibility index (Phi) is 6.02. The number of aromatic nitrogens is 1. The molecule has 24 heavy (non-hydrogen) atoms. The molecule has 2 unspecified atom stereocenters. The van der Waals surface area contributed by atoms with Gasteiger partial charge in [-0.3, -0.25) is 14.7 Å². The number of carbonyl (C=O) groups excluding carboxylic acids is 1. The fourth-order valence-electron chi connectivity index (χ4n) is 3.86. The lowest BCUT2D eigenvalue weighted by molar-refractivity contribution is -0.131. The van der Waals surface area contributed by atoms with Gasteiger partial charge in [0.15, 0.2) is 0 Å². The lowest BCUT2D eigenvalue weighted by Gasteiger charge is -2.27. The van der Waals surface area contributed by atoms with Crippen LogP contribution in [0.5, 0.6) is 0 Å². The Bertz CT molecular complexity index is 557. The summed E-state index contributed by atoms with van der Waals surface area (Å²) < 4.78 is 0. The second-order valence-electron chi connectivity index (χ2n) is 7.17. The van der Waals surface area contributed by atoms with E-state index in [9.17, 15) is 4.79 Å². The maximum Gasteiger partial charge on any atom is 0.223 e. The highest BCUT2D eigenvalue weighted by Crippen LogP contribution is 2.23. The second-order valence-corrected chi connectivity index (χ2v) is 7.17. The molecule has 0 spiro atoms. The van der Waals surface area contributed by atoms with Crippen molar-refractivity contribution in [1.29, 1.82) is 0 Å². The molecule has 1 aliphatic heterocycles. The third-order valence-corrected chi connectivity index (χ3v) is 5.36. The molecule has 0 radical (unpaired) electrons. The van der Waals surface area contributed by atoms with Gasteiger partial charge in [0.25, 0.3) is 0 Å². The molecule has 4 nitrogen and oxygen atoms in total. The number of pyridine rings is 1. The van der Waals surface area contributed by atoms with Gasteiger partial charge in [0, 0.05) is 38.3 Å². The molecular weight excluding hydrogens is 298 g/mol. The van der Waals surface area contributed by atoms with E-state index >= 15 is 0 Å². The van der Waals surface area contributed by atoms with E-state index in [-0.39, 0.29) is 0 Å². The van der Waals surface area contributed by atoms with E-state index in [0.717, 1.165) is 57.4 Å². The van der Waals surface area contributed by atoms with Gasteiger partial charge in [-0.05, 0) is 57.2 Å². The summed E-state index contributed by atoms with van der Waals surface area (Å²) >= 11 is 0. The Morgan fingerprint density at radius 2 is 2.21 bits per heavy atom. The molecule has 1 fully saturated rings. The summed E-state index contributed by atoms with van der Waals surface area (Å²) in [5.41, 5.74) is 1.12. The minimum atomic E-state index is 0.347. The molecule has 4 heteroatoms. The highest BCUT2D eigenvalue weighted by Gasteiger charge is 2.24. The first kappa shape index (κ1) is 17.2. The van der Waals surface area contributed by atoms with Crippen LogP contribution in [-0.4, -0.2) is 46.9 Å². The monoisotopic (exact) mass is 327 g/mol. The first-order valence-corrected chi connectivity index (χ1v) is 9.27. The predicted octanol–water partition coefficient (Wildman–Crippen LogP) is 3.25. The first-order valence-electron chi connectivity index (χ1n) is 9.27. The Hall–Kier alpha value is -1.68. The smallest absolute Gasteiger partial charge is 0.223 e. The van der Waals surface area contributed by atoms with E-state index in [4.69, 9.17) is 0 Å². The number of hydrogen-bond donors (Lipinski definition) is 0. The molecule has 1 aromatic heterocycles. The molecule has 3 rings (SSSR count). The summed E-state index contributed by atoms with van der Waals surface area (Å²) in [6.45, 7) is 2.70.